The smallest absolute Gasteiger partial charge is 0.211 e. The highest BCUT2D eigenvalue weighted by atomic mass is 32.2. The Morgan fingerprint density at radius 3 is 2.00 bits per heavy atom. The Labute approximate surface area is 123 Å². The summed E-state index contributed by atoms with van der Waals surface area (Å²) in [6.45, 7) is 3.92. The van der Waals surface area contributed by atoms with Crippen molar-refractivity contribution in [1.29, 1.82) is 0 Å². The Hall–Kier alpha value is -0.170. The van der Waals surface area contributed by atoms with Gasteiger partial charge in [0.1, 0.15) is 0 Å². The minimum Gasteiger partial charge on any atom is -0.396 e. The first kappa shape index (κ1) is 16.2. The summed E-state index contributed by atoms with van der Waals surface area (Å²) in [7, 11) is -3.05. The number of piperazine rings is 1. The van der Waals surface area contributed by atoms with Crippen molar-refractivity contribution in [3.8, 4) is 0 Å². The van der Waals surface area contributed by atoms with Crippen LogP contribution in [0, 0.1) is 5.41 Å². The first-order valence-corrected chi connectivity index (χ1v) is 9.58. The lowest BCUT2D eigenvalue weighted by Gasteiger charge is -2.40. The van der Waals surface area contributed by atoms with E-state index in [1.165, 1.54) is 31.9 Å². The Kier molecular flexibility index (Phi) is 5.45. The van der Waals surface area contributed by atoms with Gasteiger partial charge in [-0.1, -0.05) is 25.7 Å². The van der Waals surface area contributed by atoms with Gasteiger partial charge in [0.2, 0.25) is 10.0 Å². The van der Waals surface area contributed by atoms with Crippen molar-refractivity contribution in [1.82, 2.24) is 9.21 Å². The van der Waals surface area contributed by atoms with Gasteiger partial charge in [0.15, 0.2) is 0 Å². The highest BCUT2D eigenvalue weighted by Crippen LogP contribution is 2.35. The molecule has 0 radical (unpaired) electrons. The molecule has 0 spiro atoms. The second kappa shape index (κ2) is 6.73. The molecule has 5 nitrogen and oxygen atoms in total. The quantitative estimate of drug-likeness (QED) is 0.784. The SMILES string of the molecule is CS(=O)(=O)N1CCN(CC2(CO)CCCCCC2)CC1. The molecule has 1 aliphatic carbocycles. The summed E-state index contributed by atoms with van der Waals surface area (Å²) in [5, 5.41) is 9.85. The maximum Gasteiger partial charge on any atom is 0.211 e. The molecule has 0 amide bonds. The van der Waals surface area contributed by atoms with E-state index in [9.17, 15) is 13.5 Å². The maximum atomic E-state index is 11.5. The molecular formula is C14H28N2O3S. The van der Waals surface area contributed by atoms with Crippen molar-refractivity contribution in [2.24, 2.45) is 5.41 Å². The fourth-order valence-corrected chi connectivity index (χ4v) is 4.36. The van der Waals surface area contributed by atoms with Crippen LogP contribution in [0.5, 0.6) is 0 Å². The van der Waals surface area contributed by atoms with E-state index in [4.69, 9.17) is 0 Å². The highest BCUT2D eigenvalue weighted by molar-refractivity contribution is 7.88. The zero-order valence-electron chi connectivity index (χ0n) is 12.6. The Morgan fingerprint density at radius 1 is 1.00 bits per heavy atom. The van der Waals surface area contributed by atoms with Crippen LogP contribution in [0.3, 0.4) is 0 Å². The van der Waals surface area contributed by atoms with E-state index in [1.807, 2.05) is 0 Å². The number of nitrogens with zero attached hydrogens (tertiary/aromatic N) is 2. The molecule has 1 heterocycles. The van der Waals surface area contributed by atoms with Crippen molar-refractivity contribution < 1.29 is 13.5 Å². The third-order valence-corrected chi connectivity index (χ3v) is 6.16. The number of sulfonamides is 1. The van der Waals surface area contributed by atoms with Crippen LogP contribution in [0.2, 0.25) is 0 Å². The predicted molar refractivity (Wildman–Crippen MR) is 80.1 cm³/mol. The van der Waals surface area contributed by atoms with Crippen LogP contribution in [0.25, 0.3) is 0 Å². The largest absolute Gasteiger partial charge is 0.396 e. The molecule has 2 fully saturated rings. The zero-order valence-corrected chi connectivity index (χ0v) is 13.4. The molecule has 1 saturated carbocycles. The van der Waals surface area contributed by atoms with Gasteiger partial charge in [-0.15, -0.1) is 0 Å². The molecule has 1 saturated heterocycles. The molecule has 1 aliphatic heterocycles. The van der Waals surface area contributed by atoms with E-state index in [2.05, 4.69) is 4.90 Å². The van der Waals surface area contributed by atoms with Gasteiger partial charge >= 0.3 is 0 Å². The van der Waals surface area contributed by atoms with Crippen LogP contribution in [0.1, 0.15) is 38.5 Å². The van der Waals surface area contributed by atoms with Gasteiger partial charge < -0.3 is 10.0 Å². The third-order valence-electron chi connectivity index (χ3n) is 4.86. The first-order valence-electron chi connectivity index (χ1n) is 7.74. The summed E-state index contributed by atoms with van der Waals surface area (Å²) >= 11 is 0. The van der Waals surface area contributed by atoms with Gasteiger partial charge in [-0.2, -0.15) is 4.31 Å². The van der Waals surface area contributed by atoms with Crippen molar-refractivity contribution in [2.45, 2.75) is 38.5 Å². The Morgan fingerprint density at radius 2 is 1.55 bits per heavy atom. The number of hydrogen-bond acceptors (Lipinski definition) is 4. The summed E-state index contributed by atoms with van der Waals surface area (Å²) in [6, 6.07) is 0. The van der Waals surface area contributed by atoms with Crippen molar-refractivity contribution >= 4 is 10.0 Å². The summed E-state index contributed by atoms with van der Waals surface area (Å²) in [6.07, 6.45) is 8.48. The summed E-state index contributed by atoms with van der Waals surface area (Å²) in [5.41, 5.74) is 0.0454. The monoisotopic (exact) mass is 304 g/mol. The molecule has 0 unspecified atom stereocenters. The molecule has 2 aliphatic rings. The van der Waals surface area contributed by atoms with Crippen LogP contribution in [-0.2, 0) is 10.0 Å². The van der Waals surface area contributed by atoms with Gasteiger partial charge in [0, 0.05) is 44.7 Å². The Bertz CT molecular complexity index is 395. The highest BCUT2D eigenvalue weighted by Gasteiger charge is 2.34. The molecule has 0 aromatic rings. The van der Waals surface area contributed by atoms with Gasteiger partial charge in [-0.3, -0.25) is 0 Å². The zero-order chi connectivity index (χ0) is 14.6. The van der Waals surface area contributed by atoms with Gasteiger partial charge in [-0.05, 0) is 12.8 Å². The third kappa shape index (κ3) is 4.16. The summed E-state index contributed by atoms with van der Waals surface area (Å²) in [5.74, 6) is 0. The molecule has 2 rings (SSSR count). The molecule has 20 heavy (non-hydrogen) atoms. The van der Waals surface area contributed by atoms with Gasteiger partial charge in [0.05, 0.1) is 6.26 Å². The van der Waals surface area contributed by atoms with E-state index in [0.717, 1.165) is 32.5 Å². The molecular weight excluding hydrogens is 276 g/mol. The number of rotatable bonds is 4. The summed E-state index contributed by atoms with van der Waals surface area (Å²) in [4.78, 5) is 2.34. The van der Waals surface area contributed by atoms with Crippen molar-refractivity contribution in [2.75, 3.05) is 45.6 Å². The lowest BCUT2D eigenvalue weighted by Crippen LogP contribution is -2.51. The molecule has 0 bridgehead atoms. The average molecular weight is 304 g/mol. The fraction of sp³-hybridized carbons (Fsp3) is 1.00. The molecule has 0 aromatic carbocycles. The molecule has 1 N–H and O–H groups in total. The van der Waals surface area contributed by atoms with E-state index < -0.39 is 10.0 Å². The normalized spacial score (nSPS) is 26.3. The van der Waals surface area contributed by atoms with Crippen LogP contribution in [0.4, 0.5) is 0 Å². The van der Waals surface area contributed by atoms with E-state index in [1.54, 1.807) is 4.31 Å². The number of hydrogen-bond donors (Lipinski definition) is 1. The van der Waals surface area contributed by atoms with E-state index in [-0.39, 0.29) is 12.0 Å². The second-order valence-electron chi connectivity index (χ2n) is 6.51. The minimum absolute atomic E-state index is 0.0454. The van der Waals surface area contributed by atoms with Crippen LogP contribution < -0.4 is 0 Å². The predicted octanol–water partition coefficient (Wildman–Crippen LogP) is 0.896. The van der Waals surface area contributed by atoms with Crippen LogP contribution >= 0.6 is 0 Å². The minimum atomic E-state index is -3.05. The molecule has 6 heteroatoms. The molecule has 0 aromatic heterocycles. The van der Waals surface area contributed by atoms with Crippen LogP contribution in [0.15, 0.2) is 0 Å². The van der Waals surface area contributed by atoms with Crippen molar-refractivity contribution in [3.05, 3.63) is 0 Å². The fourth-order valence-electron chi connectivity index (χ4n) is 3.54. The molecule has 0 atom stereocenters. The second-order valence-corrected chi connectivity index (χ2v) is 8.49. The van der Waals surface area contributed by atoms with E-state index in [0.29, 0.717) is 13.1 Å². The van der Waals surface area contributed by atoms with Crippen molar-refractivity contribution in [3.63, 3.8) is 0 Å². The average Bonchev–Trinajstić information content (AvgIpc) is 2.64. The van der Waals surface area contributed by atoms with Gasteiger partial charge in [-0.25, -0.2) is 8.42 Å². The number of aliphatic hydroxyl groups excluding tert-OH is 1. The van der Waals surface area contributed by atoms with E-state index >= 15 is 0 Å². The first-order chi connectivity index (χ1) is 9.45. The molecule has 118 valence electrons. The van der Waals surface area contributed by atoms with Crippen LogP contribution in [-0.4, -0.2) is 68.3 Å². The maximum absolute atomic E-state index is 11.5. The Balaban J connectivity index is 1.90. The topological polar surface area (TPSA) is 60.9 Å². The van der Waals surface area contributed by atoms with Gasteiger partial charge in [0.25, 0.3) is 0 Å². The standard InChI is InChI=1S/C14H28N2O3S/c1-20(18,19)16-10-8-15(9-11-16)12-14(13-17)6-4-2-3-5-7-14/h17H,2-13H2,1H3. The lowest BCUT2D eigenvalue weighted by atomic mass is 9.80. The lowest BCUT2D eigenvalue weighted by molar-refractivity contribution is 0.0469. The number of aliphatic hydroxyl groups is 1. The summed E-state index contributed by atoms with van der Waals surface area (Å²) < 4.78 is 24.6.